The zero-order chi connectivity index (χ0) is 10.8. The van der Waals surface area contributed by atoms with Gasteiger partial charge in [0.1, 0.15) is 0 Å². The number of nitrogens with one attached hydrogen (secondary N) is 1. The summed E-state index contributed by atoms with van der Waals surface area (Å²) in [6, 6.07) is 4.67. The van der Waals surface area contributed by atoms with Gasteiger partial charge in [0.25, 0.3) is 0 Å². The van der Waals surface area contributed by atoms with Gasteiger partial charge < -0.3 is 5.32 Å². The Kier molecular flexibility index (Phi) is 3.70. The number of rotatable bonds is 3. The summed E-state index contributed by atoms with van der Waals surface area (Å²) in [5.74, 6) is 1.68. The maximum Gasteiger partial charge on any atom is 0.0931 e. The average molecular weight is 244 g/mol. The van der Waals surface area contributed by atoms with Crippen LogP contribution in [0.25, 0.3) is 0 Å². The minimum atomic E-state index is 0.507. The number of thiophene rings is 1. The van der Waals surface area contributed by atoms with Crippen molar-refractivity contribution in [1.29, 1.82) is 0 Å². The Morgan fingerprint density at radius 2 is 2.27 bits per heavy atom. The quantitative estimate of drug-likeness (QED) is 0.843. The summed E-state index contributed by atoms with van der Waals surface area (Å²) >= 11 is 7.70. The van der Waals surface area contributed by atoms with Crippen molar-refractivity contribution in [2.24, 2.45) is 11.8 Å². The fourth-order valence-electron chi connectivity index (χ4n) is 2.66. The molecule has 1 saturated carbocycles. The van der Waals surface area contributed by atoms with Crippen molar-refractivity contribution in [1.82, 2.24) is 5.32 Å². The summed E-state index contributed by atoms with van der Waals surface area (Å²) in [4.78, 5) is 1.39. The summed E-state index contributed by atoms with van der Waals surface area (Å²) in [7, 11) is 2.06. The molecular formula is C12H18ClNS. The minimum absolute atomic E-state index is 0.507. The van der Waals surface area contributed by atoms with Crippen LogP contribution in [0.4, 0.5) is 0 Å². The Morgan fingerprint density at radius 3 is 2.73 bits per heavy atom. The van der Waals surface area contributed by atoms with Crippen molar-refractivity contribution in [3.8, 4) is 0 Å². The van der Waals surface area contributed by atoms with Crippen LogP contribution in [0.2, 0.25) is 4.34 Å². The second-order valence-electron chi connectivity index (χ2n) is 4.59. The van der Waals surface area contributed by atoms with Gasteiger partial charge in [-0.25, -0.2) is 0 Å². The Labute approximate surface area is 101 Å². The standard InChI is InChI=1S/C12H18ClNS/c1-8-3-4-9(7-8)12(14-2)10-5-6-11(13)15-10/h5-6,8-9,12,14H,3-4,7H2,1-2H3. The van der Waals surface area contributed by atoms with E-state index in [2.05, 4.69) is 25.4 Å². The van der Waals surface area contributed by atoms with Crippen molar-refractivity contribution in [2.45, 2.75) is 32.2 Å². The third-order valence-corrected chi connectivity index (χ3v) is 4.73. The lowest BCUT2D eigenvalue weighted by molar-refractivity contribution is 0.384. The van der Waals surface area contributed by atoms with E-state index in [0.29, 0.717) is 6.04 Å². The van der Waals surface area contributed by atoms with E-state index in [-0.39, 0.29) is 0 Å². The van der Waals surface area contributed by atoms with Gasteiger partial charge >= 0.3 is 0 Å². The molecule has 0 aromatic carbocycles. The molecule has 84 valence electrons. The van der Waals surface area contributed by atoms with Crippen LogP contribution in [0, 0.1) is 11.8 Å². The third kappa shape index (κ3) is 2.55. The second-order valence-corrected chi connectivity index (χ2v) is 6.33. The molecule has 0 aliphatic heterocycles. The van der Waals surface area contributed by atoms with Crippen LogP contribution in [-0.4, -0.2) is 7.05 Å². The van der Waals surface area contributed by atoms with E-state index in [1.54, 1.807) is 11.3 Å². The topological polar surface area (TPSA) is 12.0 Å². The largest absolute Gasteiger partial charge is 0.312 e. The molecule has 1 N–H and O–H groups in total. The molecule has 2 rings (SSSR count). The van der Waals surface area contributed by atoms with E-state index in [1.807, 2.05) is 6.07 Å². The van der Waals surface area contributed by atoms with Crippen molar-refractivity contribution in [2.75, 3.05) is 7.05 Å². The van der Waals surface area contributed by atoms with Gasteiger partial charge in [0.2, 0.25) is 0 Å². The summed E-state index contributed by atoms with van der Waals surface area (Å²) in [5.41, 5.74) is 0. The van der Waals surface area contributed by atoms with E-state index < -0.39 is 0 Å². The van der Waals surface area contributed by atoms with Crippen LogP contribution in [0.5, 0.6) is 0 Å². The maximum atomic E-state index is 5.99. The molecule has 1 aromatic heterocycles. The highest BCUT2D eigenvalue weighted by Crippen LogP contribution is 2.41. The van der Waals surface area contributed by atoms with Gasteiger partial charge in [0.15, 0.2) is 0 Å². The highest BCUT2D eigenvalue weighted by atomic mass is 35.5. The molecule has 1 aliphatic carbocycles. The first-order chi connectivity index (χ1) is 7.20. The van der Waals surface area contributed by atoms with E-state index in [9.17, 15) is 0 Å². The molecule has 0 amide bonds. The van der Waals surface area contributed by atoms with Crippen LogP contribution in [0.1, 0.15) is 37.1 Å². The number of hydrogen-bond acceptors (Lipinski definition) is 2. The molecular weight excluding hydrogens is 226 g/mol. The number of halogens is 1. The van der Waals surface area contributed by atoms with Crippen LogP contribution in [0.15, 0.2) is 12.1 Å². The Bertz CT molecular complexity index is 323. The Balaban J connectivity index is 2.10. The Hall–Kier alpha value is -0.0500. The molecule has 1 nitrogen and oxygen atoms in total. The van der Waals surface area contributed by atoms with Gasteiger partial charge in [-0.05, 0) is 43.9 Å². The molecule has 3 atom stereocenters. The number of hydrogen-bond donors (Lipinski definition) is 1. The second kappa shape index (κ2) is 4.86. The monoisotopic (exact) mass is 243 g/mol. The molecule has 3 heteroatoms. The fraction of sp³-hybridized carbons (Fsp3) is 0.667. The molecule has 1 fully saturated rings. The summed E-state index contributed by atoms with van der Waals surface area (Å²) in [5, 5.41) is 3.45. The van der Waals surface area contributed by atoms with Gasteiger partial charge in [-0.15, -0.1) is 11.3 Å². The maximum absolute atomic E-state index is 5.99. The normalized spacial score (nSPS) is 28.2. The first kappa shape index (κ1) is 11.4. The molecule has 1 aliphatic rings. The molecule has 15 heavy (non-hydrogen) atoms. The van der Waals surface area contributed by atoms with Crippen molar-refractivity contribution in [3.05, 3.63) is 21.3 Å². The van der Waals surface area contributed by atoms with Crippen LogP contribution >= 0.6 is 22.9 Å². The first-order valence-corrected chi connectivity index (χ1v) is 6.82. The molecule has 0 bridgehead atoms. The summed E-state index contributed by atoms with van der Waals surface area (Å²) < 4.78 is 0.899. The lowest BCUT2D eigenvalue weighted by Gasteiger charge is -2.21. The zero-order valence-electron chi connectivity index (χ0n) is 9.29. The highest BCUT2D eigenvalue weighted by molar-refractivity contribution is 7.16. The third-order valence-electron chi connectivity index (χ3n) is 3.42. The van der Waals surface area contributed by atoms with Gasteiger partial charge in [0.05, 0.1) is 4.34 Å². The van der Waals surface area contributed by atoms with E-state index >= 15 is 0 Å². The lowest BCUT2D eigenvalue weighted by Crippen LogP contribution is -2.22. The van der Waals surface area contributed by atoms with Crippen molar-refractivity contribution < 1.29 is 0 Å². The SMILES string of the molecule is CNC(c1ccc(Cl)s1)C1CCC(C)C1. The predicted molar refractivity (Wildman–Crippen MR) is 67.6 cm³/mol. The minimum Gasteiger partial charge on any atom is -0.312 e. The highest BCUT2D eigenvalue weighted by Gasteiger charge is 2.29. The smallest absolute Gasteiger partial charge is 0.0931 e. The predicted octanol–water partition coefficient (Wildman–Crippen LogP) is 4.10. The van der Waals surface area contributed by atoms with E-state index in [4.69, 9.17) is 11.6 Å². The van der Waals surface area contributed by atoms with Crippen molar-refractivity contribution in [3.63, 3.8) is 0 Å². The van der Waals surface area contributed by atoms with Gasteiger partial charge in [-0.1, -0.05) is 24.9 Å². The molecule has 1 heterocycles. The molecule has 0 radical (unpaired) electrons. The zero-order valence-corrected chi connectivity index (χ0v) is 10.9. The van der Waals surface area contributed by atoms with Gasteiger partial charge in [0, 0.05) is 10.9 Å². The van der Waals surface area contributed by atoms with Crippen LogP contribution in [0.3, 0.4) is 0 Å². The average Bonchev–Trinajstić information content (AvgIpc) is 2.78. The molecule has 3 unspecified atom stereocenters. The molecule has 0 saturated heterocycles. The fourth-order valence-corrected chi connectivity index (χ4v) is 3.92. The van der Waals surface area contributed by atoms with Gasteiger partial charge in [-0.3, -0.25) is 0 Å². The van der Waals surface area contributed by atoms with E-state index in [0.717, 1.165) is 16.2 Å². The Morgan fingerprint density at radius 1 is 1.47 bits per heavy atom. The van der Waals surface area contributed by atoms with Gasteiger partial charge in [-0.2, -0.15) is 0 Å². The lowest BCUT2D eigenvalue weighted by atomic mass is 9.96. The van der Waals surface area contributed by atoms with Crippen LogP contribution in [-0.2, 0) is 0 Å². The molecule has 0 spiro atoms. The van der Waals surface area contributed by atoms with Crippen molar-refractivity contribution >= 4 is 22.9 Å². The van der Waals surface area contributed by atoms with Crippen LogP contribution < -0.4 is 5.32 Å². The molecule has 1 aromatic rings. The van der Waals surface area contributed by atoms with E-state index in [1.165, 1.54) is 24.1 Å². The first-order valence-electron chi connectivity index (χ1n) is 5.63. The summed E-state index contributed by atoms with van der Waals surface area (Å²) in [6.07, 6.45) is 4.07. The summed E-state index contributed by atoms with van der Waals surface area (Å²) in [6.45, 7) is 2.36.